The summed E-state index contributed by atoms with van der Waals surface area (Å²) in [5, 5.41) is 3.40. The molecule has 5 rings (SSSR count). The van der Waals surface area contributed by atoms with Crippen molar-refractivity contribution in [3.05, 3.63) is 76.4 Å². The molecule has 6 heteroatoms. The summed E-state index contributed by atoms with van der Waals surface area (Å²) in [4.78, 5) is 29.0. The number of rotatable bonds is 5. The molecule has 2 aliphatic carbocycles. The smallest absolute Gasteiger partial charge is 0.260 e. The number of hydrogen-bond donors (Lipinski definition) is 1. The van der Waals surface area contributed by atoms with Gasteiger partial charge >= 0.3 is 0 Å². The highest BCUT2D eigenvalue weighted by Gasteiger charge is 2.44. The van der Waals surface area contributed by atoms with Crippen LogP contribution in [-0.2, 0) is 16.1 Å². The van der Waals surface area contributed by atoms with E-state index in [0.717, 1.165) is 41.7 Å². The molecular weight excluding hydrogens is 423 g/mol. The lowest BCUT2D eigenvalue weighted by Gasteiger charge is -2.46. The van der Waals surface area contributed by atoms with Gasteiger partial charge in [-0.25, -0.2) is 4.39 Å². The Morgan fingerprint density at radius 2 is 1.81 bits per heavy atom. The van der Waals surface area contributed by atoms with Crippen LogP contribution >= 0.6 is 11.8 Å². The second-order valence-corrected chi connectivity index (χ2v) is 10.3. The number of fused-ring (bicyclic) bond motifs is 1. The fourth-order valence-corrected chi connectivity index (χ4v) is 6.06. The number of thioether (sulfide) groups is 1. The molecule has 1 N–H and O–H groups in total. The fourth-order valence-electron chi connectivity index (χ4n) is 4.65. The number of amides is 2. The average Bonchev–Trinajstić information content (AvgIpc) is 3.62. The molecule has 1 saturated heterocycles. The first-order valence-corrected chi connectivity index (χ1v) is 12.2. The van der Waals surface area contributed by atoms with Crippen molar-refractivity contribution in [1.29, 1.82) is 0 Å². The van der Waals surface area contributed by atoms with Crippen LogP contribution in [0.15, 0.2) is 59.5 Å². The summed E-state index contributed by atoms with van der Waals surface area (Å²) in [5.41, 5.74) is 1.90. The highest BCUT2D eigenvalue weighted by atomic mass is 32.2. The van der Waals surface area contributed by atoms with Crippen molar-refractivity contribution in [2.45, 2.75) is 56.0 Å². The molecule has 166 valence electrons. The summed E-state index contributed by atoms with van der Waals surface area (Å²) in [6, 6.07) is 16.6. The van der Waals surface area contributed by atoms with Gasteiger partial charge in [0.2, 0.25) is 5.91 Å². The number of hydrogen-bond acceptors (Lipinski definition) is 3. The first-order valence-electron chi connectivity index (χ1n) is 11.4. The van der Waals surface area contributed by atoms with E-state index in [9.17, 15) is 14.0 Å². The molecule has 2 saturated carbocycles. The van der Waals surface area contributed by atoms with E-state index < -0.39 is 0 Å². The van der Waals surface area contributed by atoms with Gasteiger partial charge in [-0.2, -0.15) is 0 Å². The topological polar surface area (TPSA) is 49.4 Å². The maximum absolute atomic E-state index is 13.6. The minimum Gasteiger partial charge on any atom is -0.353 e. The average molecular weight is 451 g/mol. The normalized spacial score (nSPS) is 26.7. The Labute approximate surface area is 192 Å². The molecule has 3 fully saturated rings. The van der Waals surface area contributed by atoms with E-state index >= 15 is 0 Å². The highest BCUT2D eigenvalue weighted by Crippen LogP contribution is 2.44. The molecule has 2 aromatic carbocycles. The van der Waals surface area contributed by atoms with E-state index in [4.69, 9.17) is 0 Å². The maximum Gasteiger partial charge on any atom is 0.260 e. The molecule has 32 heavy (non-hydrogen) atoms. The van der Waals surface area contributed by atoms with Gasteiger partial charge in [-0.1, -0.05) is 42.5 Å². The van der Waals surface area contributed by atoms with Crippen LogP contribution in [0.2, 0.25) is 0 Å². The van der Waals surface area contributed by atoms with Gasteiger partial charge in [-0.3, -0.25) is 9.59 Å². The third kappa shape index (κ3) is 4.75. The number of halogens is 1. The van der Waals surface area contributed by atoms with Gasteiger partial charge in [0.25, 0.3) is 5.91 Å². The van der Waals surface area contributed by atoms with Gasteiger partial charge in [-0.15, -0.1) is 11.8 Å². The summed E-state index contributed by atoms with van der Waals surface area (Å²) in [6.07, 6.45) is 6.54. The molecule has 2 aromatic rings. The van der Waals surface area contributed by atoms with Gasteiger partial charge in [0.15, 0.2) is 0 Å². The number of carbonyl (C=O) groups is 2. The number of nitrogens with zero attached hydrogens (tertiary/aromatic N) is 1. The first-order chi connectivity index (χ1) is 15.6. The van der Waals surface area contributed by atoms with E-state index in [-0.39, 0.29) is 34.8 Å². The van der Waals surface area contributed by atoms with E-state index in [1.165, 1.54) is 12.1 Å². The number of nitrogens with one attached hydrogen (secondary N) is 1. The largest absolute Gasteiger partial charge is 0.353 e. The number of benzene rings is 2. The summed E-state index contributed by atoms with van der Waals surface area (Å²) < 4.78 is 13.4. The Balaban J connectivity index is 1.41. The lowest BCUT2D eigenvalue weighted by atomic mass is 9.83. The predicted molar refractivity (Wildman–Crippen MR) is 125 cm³/mol. The highest BCUT2D eigenvalue weighted by molar-refractivity contribution is 8.04. The molecule has 1 aliphatic heterocycles. The van der Waals surface area contributed by atoms with E-state index in [1.54, 1.807) is 23.9 Å². The lowest BCUT2D eigenvalue weighted by molar-refractivity contribution is -0.133. The van der Waals surface area contributed by atoms with Crippen LogP contribution in [0.25, 0.3) is 6.08 Å². The van der Waals surface area contributed by atoms with Crippen molar-refractivity contribution in [1.82, 2.24) is 10.2 Å². The fraction of sp³-hybridized carbons (Fsp3) is 0.385. The second-order valence-electron chi connectivity index (χ2n) is 9.00. The molecule has 3 atom stereocenters. The SMILES string of the molecule is O=C(NC1CC1)C1CCC2S/C(=C\c3ccccc3)C(=O)N(Cc3ccc(F)cc3)C2C1. The van der Waals surface area contributed by atoms with Crippen molar-refractivity contribution < 1.29 is 14.0 Å². The van der Waals surface area contributed by atoms with E-state index in [2.05, 4.69) is 5.32 Å². The Morgan fingerprint density at radius 1 is 1.06 bits per heavy atom. The summed E-state index contributed by atoms with van der Waals surface area (Å²) in [6.45, 7) is 0.421. The maximum atomic E-state index is 13.6. The van der Waals surface area contributed by atoms with Crippen LogP contribution in [0.1, 0.15) is 43.2 Å². The van der Waals surface area contributed by atoms with Gasteiger partial charge in [0.05, 0.1) is 4.91 Å². The van der Waals surface area contributed by atoms with E-state index in [0.29, 0.717) is 19.0 Å². The standard InChI is InChI=1S/C26H27FN2O2S/c27-20-9-6-18(7-10-20)16-29-22-15-19(25(30)28-21-11-12-21)8-13-23(22)32-24(26(29)31)14-17-4-2-1-3-5-17/h1-7,9-10,14,19,21-23H,8,11-13,15-16H2,(H,28,30)/b24-14-. The molecule has 1 heterocycles. The molecule has 0 aromatic heterocycles. The van der Waals surface area contributed by atoms with Crippen molar-refractivity contribution in [2.75, 3.05) is 0 Å². The van der Waals surface area contributed by atoms with Crippen LogP contribution in [0, 0.1) is 11.7 Å². The van der Waals surface area contributed by atoms with Gasteiger partial charge in [0, 0.05) is 29.8 Å². The van der Waals surface area contributed by atoms with Crippen LogP contribution in [-0.4, -0.2) is 34.0 Å². The Bertz CT molecular complexity index is 1020. The molecule has 4 nitrogen and oxygen atoms in total. The molecule has 0 radical (unpaired) electrons. The van der Waals surface area contributed by atoms with Crippen LogP contribution in [0.5, 0.6) is 0 Å². The minimum absolute atomic E-state index is 0.00539. The zero-order chi connectivity index (χ0) is 22.1. The Morgan fingerprint density at radius 3 is 2.53 bits per heavy atom. The van der Waals surface area contributed by atoms with Crippen LogP contribution in [0.4, 0.5) is 4.39 Å². The first kappa shape index (κ1) is 21.3. The zero-order valence-electron chi connectivity index (χ0n) is 17.9. The second kappa shape index (κ2) is 9.10. The molecular formula is C26H27FN2O2S. The minimum atomic E-state index is -0.286. The Hall–Kier alpha value is -2.60. The molecule has 2 amide bonds. The molecule has 0 bridgehead atoms. The summed E-state index contributed by atoms with van der Waals surface area (Å²) in [5.74, 6) is -0.213. The Kier molecular flexibility index (Phi) is 6.05. The quantitative estimate of drug-likeness (QED) is 0.669. The van der Waals surface area contributed by atoms with Crippen LogP contribution in [0.3, 0.4) is 0 Å². The third-order valence-corrected chi connectivity index (χ3v) is 7.96. The summed E-state index contributed by atoms with van der Waals surface area (Å²) >= 11 is 1.65. The van der Waals surface area contributed by atoms with Crippen molar-refractivity contribution in [3.63, 3.8) is 0 Å². The van der Waals surface area contributed by atoms with Crippen molar-refractivity contribution >= 4 is 29.7 Å². The summed E-state index contributed by atoms with van der Waals surface area (Å²) in [7, 11) is 0. The molecule has 0 spiro atoms. The third-order valence-electron chi connectivity index (χ3n) is 6.56. The molecule has 3 unspecified atom stereocenters. The van der Waals surface area contributed by atoms with Crippen molar-refractivity contribution in [2.24, 2.45) is 5.92 Å². The zero-order valence-corrected chi connectivity index (χ0v) is 18.7. The van der Waals surface area contributed by atoms with Crippen molar-refractivity contribution in [3.8, 4) is 0 Å². The van der Waals surface area contributed by atoms with Gasteiger partial charge < -0.3 is 10.2 Å². The number of carbonyl (C=O) groups excluding carboxylic acids is 2. The van der Waals surface area contributed by atoms with Gasteiger partial charge in [-0.05, 0) is 61.4 Å². The molecule has 3 aliphatic rings. The predicted octanol–water partition coefficient (Wildman–Crippen LogP) is 4.76. The van der Waals surface area contributed by atoms with Gasteiger partial charge in [0.1, 0.15) is 5.82 Å². The van der Waals surface area contributed by atoms with E-state index in [1.807, 2.05) is 41.3 Å². The van der Waals surface area contributed by atoms with Crippen LogP contribution < -0.4 is 5.32 Å². The monoisotopic (exact) mass is 450 g/mol. The lowest BCUT2D eigenvalue weighted by Crippen LogP contribution is -2.53.